The molecule has 0 heterocycles. The van der Waals surface area contributed by atoms with E-state index in [1.54, 1.807) is 0 Å². The summed E-state index contributed by atoms with van der Waals surface area (Å²) in [7, 11) is 0. The molecule has 1 atom stereocenters. The van der Waals surface area contributed by atoms with E-state index in [1.165, 1.54) is 37.8 Å². The average molecular weight is 295 g/mol. The van der Waals surface area contributed by atoms with Crippen LogP contribution in [0, 0.1) is 23.5 Å². The van der Waals surface area contributed by atoms with Crippen LogP contribution >= 0.6 is 0 Å². The van der Waals surface area contributed by atoms with Gasteiger partial charge in [-0.15, -0.1) is 0 Å². The Labute approximate surface area is 127 Å². The summed E-state index contributed by atoms with van der Waals surface area (Å²) in [4.78, 5) is 0. The van der Waals surface area contributed by atoms with Gasteiger partial charge in [-0.3, -0.25) is 0 Å². The summed E-state index contributed by atoms with van der Waals surface area (Å²) in [5.74, 6) is 0.492. The zero-order valence-corrected chi connectivity index (χ0v) is 13.2. The molecule has 21 heavy (non-hydrogen) atoms. The SMILES string of the molecule is CCCNC(Cc1cc(F)cc(F)c1)C1CCC(C)CC1. The molecule has 1 aromatic rings. The summed E-state index contributed by atoms with van der Waals surface area (Å²) in [6.07, 6.45) is 6.78. The molecule has 1 nitrogen and oxygen atoms in total. The van der Waals surface area contributed by atoms with Crippen LogP contribution < -0.4 is 5.32 Å². The highest BCUT2D eigenvalue weighted by atomic mass is 19.1. The highest BCUT2D eigenvalue weighted by Gasteiger charge is 2.26. The maximum absolute atomic E-state index is 13.4. The van der Waals surface area contributed by atoms with E-state index in [0.717, 1.165) is 30.5 Å². The first kappa shape index (κ1) is 16.4. The van der Waals surface area contributed by atoms with E-state index in [0.29, 0.717) is 18.4 Å². The second-order valence-electron chi connectivity index (χ2n) is 6.56. The van der Waals surface area contributed by atoms with Crippen molar-refractivity contribution in [1.82, 2.24) is 5.32 Å². The number of hydrogen-bond acceptors (Lipinski definition) is 1. The van der Waals surface area contributed by atoms with Crippen molar-refractivity contribution in [3.63, 3.8) is 0 Å². The maximum Gasteiger partial charge on any atom is 0.126 e. The molecule has 0 radical (unpaired) electrons. The largest absolute Gasteiger partial charge is 0.313 e. The van der Waals surface area contributed by atoms with Crippen LogP contribution in [-0.2, 0) is 6.42 Å². The van der Waals surface area contributed by atoms with Gasteiger partial charge in [-0.2, -0.15) is 0 Å². The molecule has 2 rings (SSSR count). The number of hydrogen-bond donors (Lipinski definition) is 1. The predicted molar refractivity (Wildman–Crippen MR) is 83.3 cm³/mol. The third kappa shape index (κ3) is 5.06. The van der Waals surface area contributed by atoms with Gasteiger partial charge in [0.1, 0.15) is 11.6 Å². The lowest BCUT2D eigenvalue weighted by atomic mass is 9.77. The fourth-order valence-electron chi connectivity index (χ4n) is 3.41. The average Bonchev–Trinajstić information content (AvgIpc) is 2.43. The van der Waals surface area contributed by atoms with Crippen LogP contribution in [0.25, 0.3) is 0 Å². The summed E-state index contributed by atoms with van der Waals surface area (Å²) in [5, 5.41) is 3.60. The van der Waals surface area contributed by atoms with Gasteiger partial charge in [0.2, 0.25) is 0 Å². The lowest BCUT2D eigenvalue weighted by Crippen LogP contribution is -2.40. The molecule has 3 heteroatoms. The Bertz CT molecular complexity index is 419. The van der Waals surface area contributed by atoms with E-state index in [9.17, 15) is 8.78 Å². The molecule has 0 saturated heterocycles. The van der Waals surface area contributed by atoms with Gasteiger partial charge in [0.15, 0.2) is 0 Å². The Morgan fingerprint density at radius 1 is 1.10 bits per heavy atom. The van der Waals surface area contributed by atoms with Gasteiger partial charge in [0, 0.05) is 12.1 Å². The second kappa shape index (κ2) is 7.88. The third-order valence-corrected chi connectivity index (χ3v) is 4.66. The lowest BCUT2D eigenvalue weighted by Gasteiger charge is -2.33. The Morgan fingerprint density at radius 2 is 1.71 bits per heavy atom. The fraction of sp³-hybridized carbons (Fsp3) is 0.667. The summed E-state index contributed by atoms with van der Waals surface area (Å²) < 4.78 is 26.7. The third-order valence-electron chi connectivity index (χ3n) is 4.66. The van der Waals surface area contributed by atoms with Gasteiger partial charge in [-0.25, -0.2) is 8.78 Å². The van der Waals surface area contributed by atoms with Crippen LogP contribution in [0.3, 0.4) is 0 Å². The Hall–Kier alpha value is -0.960. The molecule has 0 aromatic heterocycles. The molecule has 0 aliphatic heterocycles. The van der Waals surface area contributed by atoms with E-state index >= 15 is 0 Å². The minimum absolute atomic E-state index is 0.332. The molecule has 1 aromatic carbocycles. The second-order valence-corrected chi connectivity index (χ2v) is 6.56. The van der Waals surface area contributed by atoms with Crippen molar-refractivity contribution in [3.8, 4) is 0 Å². The zero-order valence-electron chi connectivity index (χ0n) is 13.2. The maximum atomic E-state index is 13.4. The molecule has 1 N–H and O–H groups in total. The summed E-state index contributed by atoms with van der Waals surface area (Å²) in [5.41, 5.74) is 0.764. The molecule has 0 bridgehead atoms. The monoisotopic (exact) mass is 295 g/mol. The smallest absolute Gasteiger partial charge is 0.126 e. The topological polar surface area (TPSA) is 12.0 Å². The molecule has 1 saturated carbocycles. The zero-order chi connectivity index (χ0) is 15.2. The molecule has 1 unspecified atom stereocenters. The van der Waals surface area contributed by atoms with Crippen molar-refractivity contribution in [1.29, 1.82) is 0 Å². The molecule has 0 amide bonds. The first-order valence-electron chi connectivity index (χ1n) is 8.26. The number of halogens is 2. The van der Waals surface area contributed by atoms with Crippen molar-refractivity contribution in [2.24, 2.45) is 11.8 Å². The standard InChI is InChI=1S/C18H27F2N/c1-3-8-21-18(15-6-4-13(2)5-7-15)11-14-9-16(19)12-17(20)10-14/h9-10,12-13,15,18,21H,3-8,11H2,1-2H3. The molecule has 0 spiro atoms. The molecular formula is C18H27F2N. The van der Waals surface area contributed by atoms with Crippen LogP contribution in [0.4, 0.5) is 8.78 Å². The minimum atomic E-state index is -0.475. The van der Waals surface area contributed by atoms with E-state index in [2.05, 4.69) is 19.2 Å². The highest BCUT2D eigenvalue weighted by molar-refractivity contribution is 5.19. The van der Waals surface area contributed by atoms with Crippen molar-refractivity contribution < 1.29 is 8.78 Å². The predicted octanol–water partition coefficient (Wildman–Crippen LogP) is 4.70. The van der Waals surface area contributed by atoms with Gasteiger partial charge < -0.3 is 5.32 Å². The Balaban J connectivity index is 2.04. The van der Waals surface area contributed by atoms with Gasteiger partial charge in [0.25, 0.3) is 0 Å². The molecule has 1 fully saturated rings. The quantitative estimate of drug-likeness (QED) is 0.802. The number of benzene rings is 1. The molecule has 1 aliphatic carbocycles. The van der Waals surface area contributed by atoms with E-state index < -0.39 is 11.6 Å². The number of rotatable bonds is 6. The summed E-state index contributed by atoms with van der Waals surface area (Å²) in [6, 6.07) is 4.21. The van der Waals surface area contributed by atoms with E-state index in [4.69, 9.17) is 0 Å². The van der Waals surface area contributed by atoms with E-state index in [-0.39, 0.29) is 0 Å². The molecule has 118 valence electrons. The van der Waals surface area contributed by atoms with Crippen LogP contribution in [0.1, 0.15) is 51.5 Å². The van der Waals surface area contributed by atoms with Gasteiger partial charge >= 0.3 is 0 Å². The number of nitrogens with one attached hydrogen (secondary N) is 1. The van der Waals surface area contributed by atoms with Crippen molar-refractivity contribution >= 4 is 0 Å². The first-order valence-corrected chi connectivity index (χ1v) is 8.26. The van der Waals surface area contributed by atoms with Crippen LogP contribution in [-0.4, -0.2) is 12.6 Å². The summed E-state index contributed by atoms with van der Waals surface area (Å²) in [6.45, 7) is 5.43. The van der Waals surface area contributed by atoms with Gasteiger partial charge in [0.05, 0.1) is 0 Å². The fourth-order valence-corrected chi connectivity index (χ4v) is 3.41. The normalized spacial score (nSPS) is 24.0. The first-order chi connectivity index (χ1) is 10.1. The Morgan fingerprint density at radius 3 is 2.29 bits per heavy atom. The Kier molecular flexibility index (Phi) is 6.16. The minimum Gasteiger partial charge on any atom is -0.313 e. The van der Waals surface area contributed by atoms with Gasteiger partial charge in [-0.05, 0) is 61.8 Å². The van der Waals surface area contributed by atoms with E-state index in [1.807, 2.05) is 0 Å². The van der Waals surface area contributed by atoms with Crippen LogP contribution in [0.5, 0.6) is 0 Å². The van der Waals surface area contributed by atoms with Crippen molar-refractivity contribution in [2.75, 3.05) is 6.54 Å². The van der Waals surface area contributed by atoms with Crippen LogP contribution in [0.2, 0.25) is 0 Å². The highest BCUT2D eigenvalue weighted by Crippen LogP contribution is 2.31. The summed E-state index contributed by atoms with van der Waals surface area (Å²) >= 11 is 0. The molecule has 1 aliphatic rings. The van der Waals surface area contributed by atoms with Crippen molar-refractivity contribution in [3.05, 3.63) is 35.4 Å². The lowest BCUT2D eigenvalue weighted by molar-refractivity contribution is 0.228. The molecular weight excluding hydrogens is 268 g/mol. The van der Waals surface area contributed by atoms with Crippen molar-refractivity contribution in [2.45, 2.75) is 58.4 Å². The van der Waals surface area contributed by atoms with Crippen LogP contribution in [0.15, 0.2) is 18.2 Å². The van der Waals surface area contributed by atoms with Gasteiger partial charge in [-0.1, -0.05) is 26.7 Å².